The number of benzene rings is 1. The lowest BCUT2D eigenvalue weighted by molar-refractivity contribution is -0.155. The molecular formula is C19H21N5O3. The van der Waals surface area contributed by atoms with Crippen LogP contribution in [0.25, 0.3) is 0 Å². The molecule has 8 heteroatoms. The van der Waals surface area contributed by atoms with Crippen molar-refractivity contribution in [3.05, 3.63) is 54.5 Å². The number of nitrogens with one attached hydrogen (secondary N) is 1. The van der Waals surface area contributed by atoms with Gasteiger partial charge >= 0.3 is 0 Å². The van der Waals surface area contributed by atoms with E-state index in [1.165, 1.54) is 0 Å². The predicted octanol–water partition coefficient (Wildman–Crippen LogP) is 0.382. The average Bonchev–Trinajstić information content (AvgIpc) is 2.74. The maximum atomic E-state index is 13.1. The highest BCUT2D eigenvalue weighted by atomic mass is 16.5. The Morgan fingerprint density at radius 2 is 1.89 bits per heavy atom. The highest BCUT2D eigenvalue weighted by molar-refractivity contribution is 5.86. The summed E-state index contributed by atoms with van der Waals surface area (Å²) in [7, 11) is 0. The van der Waals surface area contributed by atoms with Crippen molar-refractivity contribution in [2.24, 2.45) is 0 Å². The van der Waals surface area contributed by atoms with Crippen LogP contribution >= 0.6 is 0 Å². The van der Waals surface area contributed by atoms with Gasteiger partial charge in [-0.1, -0.05) is 30.3 Å². The van der Waals surface area contributed by atoms with Gasteiger partial charge in [-0.3, -0.25) is 14.6 Å². The van der Waals surface area contributed by atoms with Gasteiger partial charge in [0.1, 0.15) is 12.4 Å². The van der Waals surface area contributed by atoms with Crippen LogP contribution in [0.5, 0.6) is 0 Å². The summed E-state index contributed by atoms with van der Waals surface area (Å²) < 4.78 is 5.64. The van der Waals surface area contributed by atoms with E-state index in [0.717, 1.165) is 11.4 Å². The van der Waals surface area contributed by atoms with Gasteiger partial charge in [-0.25, -0.2) is 4.98 Å². The molecule has 0 bridgehead atoms. The van der Waals surface area contributed by atoms with Crippen LogP contribution in [-0.2, 0) is 14.3 Å². The number of hydrogen-bond acceptors (Lipinski definition) is 6. The molecule has 0 aliphatic carbocycles. The Morgan fingerprint density at radius 3 is 2.59 bits per heavy atom. The summed E-state index contributed by atoms with van der Waals surface area (Å²) in [6, 6.07) is 8.99. The fourth-order valence-electron chi connectivity index (χ4n) is 3.48. The minimum absolute atomic E-state index is 0.0948. The van der Waals surface area contributed by atoms with Gasteiger partial charge in [0.25, 0.3) is 5.91 Å². The van der Waals surface area contributed by atoms with Gasteiger partial charge in [0.05, 0.1) is 12.2 Å². The molecule has 8 nitrogen and oxygen atoms in total. The van der Waals surface area contributed by atoms with Gasteiger partial charge in [-0.2, -0.15) is 0 Å². The van der Waals surface area contributed by atoms with E-state index in [-0.39, 0.29) is 18.4 Å². The molecule has 2 aliphatic rings. The zero-order chi connectivity index (χ0) is 18.6. The molecule has 1 N–H and O–H groups in total. The summed E-state index contributed by atoms with van der Waals surface area (Å²) in [6.45, 7) is 2.41. The number of morpholine rings is 1. The van der Waals surface area contributed by atoms with Crippen molar-refractivity contribution in [2.75, 3.05) is 37.7 Å². The van der Waals surface area contributed by atoms with Crippen LogP contribution in [0.2, 0.25) is 0 Å². The lowest BCUT2D eigenvalue weighted by Gasteiger charge is -2.39. The van der Waals surface area contributed by atoms with E-state index >= 15 is 0 Å². The highest BCUT2D eigenvalue weighted by Gasteiger charge is 2.39. The summed E-state index contributed by atoms with van der Waals surface area (Å²) in [5, 5.41) is 2.90. The summed E-state index contributed by atoms with van der Waals surface area (Å²) in [5.74, 6) is 0.510. The molecule has 140 valence electrons. The molecule has 4 rings (SSSR count). The second-order valence-corrected chi connectivity index (χ2v) is 6.56. The molecule has 0 saturated carbocycles. The largest absolute Gasteiger partial charge is 0.356 e. The first-order chi connectivity index (χ1) is 13.2. The van der Waals surface area contributed by atoms with Crippen LogP contribution in [0.3, 0.4) is 0 Å². The molecule has 0 radical (unpaired) electrons. The van der Waals surface area contributed by atoms with Gasteiger partial charge in [0.2, 0.25) is 5.91 Å². The molecule has 2 atom stereocenters. The highest BCUT2D eigenvalue weighted by Crippen LogP contribution is 2.24. The van der Waals surface area contributed by atoms with E-state index < -0.39 is 12.1 Å². The first-order valence-corrected chi connectivity index (χ1v) is 8.98. The van der Waals surface area contributed by atoms with Crippen molar-refractivity contribution >= 4 is 17.6 Å². The number of rotatable bonds is 3. The minimum Gasteiger partial charge on any atom is -0.356 e. The quantitative estimate of drug-likeness (QED) is 0.844. The number of hydrogen-bond donors (Lipinski definition) is 1. The smallest absolute Gasteiger partial charge is 0.254 e. The van der Waals surface area contributed by atoms with Gasteiger partial charge in [-0.05, 0) is 5.56 Å². The summed E-state index contributed by atoms with van der Waals surface area (Å²) in [4.78, 5) is 37.2. The topological polar surface area (TPSA) is 87.7 Å². The number of aromatic nitrogens is 2. The number of ether oxygens (including phenoxy) is 1. The lowest BCUT2D eigenvalue weighted by Crippen LogP contribution is -2.57. The number of nitrogens with zero attached hydrogens (tertiary/aromatic N) is 4. The first kappa shape index (κ1) is 17.4. The average molecular weight is 367 g/mol. The lowest BCUT2D eigenvalue weighted by atomic mass is 9.98. The molecule has 2 amide bonds. The van der Waals surface area contributed by atoms with Crippen LogP contribution < -0.4 is 10.2 Å². The Morgan fingerprint density at radius 1 is 1.11 bits per heavy atom. The zero-order valence-electron chi connectivity index (χ0n) is 14.8. The third kappa shape index (κ3) is 3.75. The second kappa shape index (κ2) is 7.71. The minimum atomic E-state index is -0.715. The molecular weight excluding hydrogens is 346 g/mol. The van der Waals surface area contributed by atoms with E-state index in [2.05, 4.69) is 20.2 Å². The molecule has 2 aromatic rings. The van der Waals surface area contributed by atoms with Crippen LogP contribution in [-0.4, -0.2) is 65.6 Å². The third-order valence-corrected chi connectivity index (χ3v) is 4.88. The van der Waals surface area contributed by atoms with Crippen LogP contribution in [0.4, 0.5) is 5.82 Å². The molecule has 2 aliphatic heterocycles. The number of piperazine rings is 1. The number of carbonyl (C=O) groups excluding carboxylic acids is 2. The molecule has 0 spiro atoms. The maximum Gasteiger partial charge on any atom is 0.254 e. The van der Waals surface area contributed by atoms with Crippen LogP contribution in [0.1, 0.15) is 11.6 Å². The molecule has 3 heterocycles. The number of amides is 2. The fraction of sp³-hybridized carbons (Fsp3) is 0.368. The number of anilines is 1. The van der Waals surface area contributed by atoms with Crippen molar-refractivity contribution < 1.29 is 14.3 Å². The van der Waals surface area contributed by atoms with Crippen LogP contribution in [0.15, 0.2) is 48.9 Å². The summed E-state index contributed by atoms with van der Waals surface area (Å²) >= 11 is 0. The fourth-order valence-corrected chi connectivity index (χ4v) is 3.48. The molecule has 0 unspecified atom stereocenters. The van der Waals surface area contributed by atoms with Crippen LogP contribution in [0, 0.1) is 0 Å². The SMILES string of the molecule is O=C1CO[C@H](C(=O)N2CCN(c3cnccn3)CC2)[C@@H](c2ccccc2)N1. The molecule has 27 heavy (non-hydrogen) atoms. The van der Waals surface area contributed by atoms with E-state index in [9.17, 15) is 9.59 Å². The monoisotopic (exact) mass is 367 g/mol. The first-order valence-electron chi connectivity index (χ1n) is 8.98. The molecule has 1 aromatic heterocycles. The van der Waals surface area contributed by atoms with E-state index in [1.807, 2.05) is 30.3 Å². The van der Waals surface area contributed by atoms with E-state index in [4.69, 9.17) is 4.74 Å². The Balaban J connectivity index is 1.44. The molecule has 1 aromatic carbocycles. The van der Waals surface area contributed by atoms with Gasteiger partial charge in [-0.15, -0.1) is 0 Å². The second-order valence-electron chi connectivity index (χ2n) is 6.56. The Labute approximate surface area is 157 Å². The Kier molecular flexibility index (Phi) is 4.97. The molecule has 2 saturated heterocycles. The Hall–Kier alpha value is -3.00. The van der Waals surface area contributed by atoms with Gasteiger partial charge < -0.3 is 19.9 Å². The van der Waals surface area contributed by atoms with Gasteiger partial charge in [0, 0.05) is 38.6 Å². The van der Waals surface area contributed by atoms with Crippen molar-refractivity contribution in [1.82, 2.24) is 20.2 Å². The van der Waals surface area contributed by atoms with Crippen molar-refractivity contribution in [1.29, 1.82) is 0 Å². The standard InChI is InChI=1S/C19H21N5O3/c25-16-13-27-18(17(22-16)14-4-2-1-3-5-14)19(26)24-10-8-23(9-11-24)15-12-20-6-7-21-15/h1-7,12,17-18H,8-11,13H2,(H,22,25)/t17-,18+/m1/s1. The van der Waals surface area contributed by atoms with Crippen molar-refractivity contribution in [3.63, 3.8) is 0 Å². The maximum absolute atomic E-state index is 13.1. The Bertz CT molecular complexity index is 794. The van der Waals surface area contributed by atoms with E-state index in [1.54, 1.807) is 23.5 Å². The van der Waals surface area contributed by atoms with Gasteiger partial charge in [0.15, 0.2) is 6.10 Å². The molecule has 2 fully saturated rings. The normalized spacial score (nSPS) is 23.0. The van der Waals surface area contributed by atoms with Crippen molar-refractivity contribution in [2.45, 2.75) is 12.1 Å². The zero-order valence-corrected chi connectivity index (χ0v) is 14.8. The van der Waals surface area contributed by atoms with E-state index in [0.29, 0.717) is 26.2 Å². The summed E-state index contributed by atoms with van der Waals surface area (Å²) in [6.07, 6.45) is 4.31. The predicted molar refractivity (Wildman–Crippen MR) is 97.9 cm³/mol. The summed E-state index contributed by atoms with van der Waals surface area (Å²) in [5.41, 5.74) is 0.863. The van der Waals surface area contributed by atoms with Crippen molar-refractivity contribution in [3.8, 4) is 0 Å². The number of carbonyl (C=O) groups is 2. The third-order valence-electron chi connectivity index (χ3n) is 4.88.